The smallest absolute Gasteiger partial charge is 0.230 e. The minimum Gasteiger partial charge on any atom is -0.397 e. The Morgan fingerprint density at radius 3 is 2.59 bits per heavy atom. The van der Waals surface area contributed by atoms with E-state index in [4.69, 9.17) is 5.73 Å². The zero-order valence-corrected chi connectivity index (χ0v) is 12.3. The molecule has 2 aromatic rings. The molecule has 0 aliphatic carbocycles. The number of aromatic nitrogens is 2. The van der Waals surface area contributed by atoms with E-state index in [0.717, 1.165) is 18.9 Å². The highest BCUT2D eigenvalue weighted by Gasteiger charge is 2.13. The van der Waals surface area contributed by atoms with Gasteiger partial charge >= 0.3 is 0 Å². The Labute approximate surface area is 129 Å². The molecule has 114 valence electrons. The molecule has 1 aliphatic rings. The van der Waals surface area contributed by atoms with Crippen LogP contribution in [0.1, 0.15) is 18.5 Å². The Morgan fingerprint density at radius 1 is 1.14 bits per heavy atom. The SMILES string of the molecule is Nc1ccc(CC(=O)Nc2ccc(N3CCCC3)nc2)nc1. The van der Waals surface area contributed by atoms with E-state index in [9.17, 15) is 4.79 Å². The molecule has 0 bridgehead atoms. The molecule has 2 aromatic heterocycles. The molecule has 0 aromatic carbocycles. The van der Waals surface area contributed by atoms with Crippen molar-refractivity contribution in [2.75, 3.05) is 29.0 Å². The third-order valence-electron chi connectivity index (χ3n) is 3.65. The summed E-state index contributed by atoms with van der Waals surface area (Å²) in [5.41, 5.74) is 7.55. The normalized spacial score (nSPS) is 14.1. The molecule has 0 spiro atoms. The topological polar surface area (TPSA) is 84.1 Å². The minimum atomic E-state index is -0.118. The van der Waals surface area contributed by atoms with Crippen molar-refractivity contribution < 1.29 is 4.79 Å². The Kier molecular flexibility index (Phi) is 4.18. The van der Waals surface area contributed by atoms with Gasteiger partial charge in [-0.25, -0.2) is 4.98 Å². The summed E-state index contributed by atoms with van der Waals surface area (Å²) in [7, 11) is 0. The highest BCUT2D eigenvalue weighted by Crippen LogP contribution is 2.19. The molecule has 0 unspecified atom stereocenters. The highest BCUT2D eigenvalue weighted by atomic mass is 16.1. The van der Waals surface area contributed by atoms with Gasteiger partial charge in [0.15, 0.2) is 0 Å². The molecular formula is C16H19N5O. The first-order valence-corrected chi connectivity index (χ1v) is 7.42. The number of rotatable bonds is 4. The molecule has 6 nitrogen and oxygen atoms in total. The number of amides is 1. The zero-order chi connectivity index (χ0) is 15.4. The van der Waals surface area contributed by atoms with Crippen LogP contribution in [-0.4, -0.2) is 29.0 Å². The summed E-state index contributed by atoms with van der Waals surface area (Å²) in [5.74, 6) is 0.851. The van der Waals surface area contributed by atoms with Crippen LogP contribution in [0.4, 0.5) is 17.2 Å². The molecule has 6 heteroatoms. The summed E-state index contributed by atoms with van der Waals surface area (Å²) >= 11 is 0. The number of nitrogen functional groups attached to an aromatic ring is 1. The predicted molar refractivity (Wildman–Crippen MR) is 86.7 cm³/mol. The highest BCUT2D eigenvalue weighted by molar-refractivity contribution is 5.91. The number of anilines is 3. The van der Waals surface area contributed by atoms with Crippen molar-refractivity contribution in [2.24, 2.45) is 0 Å². The molecule has 0 radical (unpaired) electrons. The van der Waals surface area contributed by atoms with Crippen molar-refractivity contribution in [1.29, 1.82) is 0 Å². The van der Waals surface area contributed by atoms with Gasteiger partial charge in [-0.1, -0.05) is 0 Å². The molecule has 3 heterocycles. The summed E-state index contributed by atoms with van der Waals surface area (Å²) in [6.07, 6.45) is 5.90. The Balaban J connectivity index is 1.57. The Hall–Kier alpha value is -2.63. The first kappa shape index (κ1) is 14.3. The maximum absolute atomic E-state index is 12.0. The van der Waals surface area contributed by atoms with Crippen LogP contribution in [0.15, 0.2) is 36.7 Å². The van der Waals surface area contributed by atoms with Crippen LogP contribution in [0.5, 0.6) is 0 Å². The maximum atomic E-state index is 12.0. The van der Waals surface area contributed by atoms with Crippen LogP contribution in [0.3, 0.4) is 0 Å². The molecule has 0 saturated carbocycles. The van der Waals surface area contributed by atoms with Gasteiger partial charge in [-0.3, -0.25) is 9.78 Å². The lowest BCUT2D eigenvalue weighted by Gasteiger charge is -2.16. The van der Waals surface area contributed by atoms with E-state index in [1.807, 2.05) is 12.1 Å². The summed E-state index contributed by atoms with van der Waals surface area (Å²) in [6, 6.07) is 7.32. The fourth-order valence-electron chi connectivity index (χ4n) is 2.50. The summed E-state index contributed by atoms with van der Waals surface area (Å²) in [6.45, 7) is 2.11. The standard InChI is InChI=1S/C16H19N5O/c17-12-3-4-13(18-10-12)9-16(22)20-14-5-6-15(19-11-14)21-7-1-2-8-21/h3-6,10-11H,1-2,7-9,17H2,(H,20,22). The number of nitrogens with one attached hydrogen (secondary N) is 1. The lowest BCUT2D eigenvalue weighted by molar-refractivity contribution is -0.115. The van der Waals surface area contributed by atoms with Gasteiger partial charge in [0.05, 0.1) is 30.2 Å². The van der Waals surface area contributed by atoms with Crippen LogP contribution in [-0.2, 0) is 11.2 Å². The fourth-order valence-corrected chi connectivity index (χ4v) is 2.50. The maximum Gasteiger partial charge on any atom is 0.230 e. The van der Waals surface area contributed by atoms with Crippen molar-refractivity contribution in [2.45, 2.75) is 19.3 Å². The molecule has 3 rings (SSSR count). The molecule has 3 N–H and O–H groups in total. The van der Waals surface area contributed by atoms with Gasteiger partial charge in [0, 0.05) is 18.8 Å². The van der Waals surface area contributed by atoms with E-state index in [0.29, 0.717) is 17.1 Å². The monoisotopic (exact) mass is 297 g/mol. The van der Waals surface area contributed by atoms with Crippen molar-refractivity contribution in [3.8, 4) is 0 Å². The van der Waals surface area contributed by atoms with Crippen LogP contribution in [0, 0.1) is 0 Å². The van der Waals surface area contributed by atoms with Crippen LogP contribution in [0.25, 0.3) is 0 Å². The van der Waals surface area contributed by atoms with Gasteiger partial charge in [-0.15, -0.1) is 0 Å². The second kappa shape index (κ2) is 6.43. The van der Waals surface area contributed by atoms with E-state index < -0.39 is 0 Å². The van der Waals surface area contributed by atoms with Crippen LogP contribution in [0.2, 0.25) is 0 Å². The van der Waals surface area contributed by atoms with Crippen molar-refractivity contribution in [3.63, 3.8) is 0 Å². The summed E-state index contributed by atoms with van der Waals surface area (Å²) < 4.78 is 0. The van der Waals surface area contributed by atoms with Crippen LogP contribution >= 0.6 is 0 Å². The summed E-state index contributed by atoms with van der Waals surface area (Å²) in [5, 5.41) is 2.83. The number of nitrogens with two attached hydrogens (primary N) is 1. The number of hydrogen-bond donors (Lipinski definition) is 2. The number of hydrogen-bond acceptors (Lipinski definition) is 5. The van der Waals surface area contributed by atoms with Crippen molar-refractivity contribution in [3.05, 3.63) is 42.4 Å². The summed E-state index contributed by atoms with van der Waals surface area (Å²) in [4.78, 5) is 22.8. The van der Waals surface area contributed by atoms with Crippen molar-refractivity contribution in [1.82, 2.24) is 9.97 Å². The first-order valence-electron chi connectivity index (χ1n) is 7.42. The van der Waals surface area contributed by atoms with E-state index in [1.54, 1.807) is 24.5 Å². The Morgan fingerprint density at radius 2 is 1.95 bits per heavy atom. The molecular weight excluding hydrogens is 278 g/mol. The van der Waals surface area contributed by atoms with Gasteiger partial charge in [-0.2, -0.15) is 0 Å². The fraction of sp³-hybridized carbons (Fsp3) is 0.312. The van der Waals surface area contributed by atoms with Gasteiger partial charge in [0.1, 0.15) is 5.82 Å². The number of carbonyl (C=O) groups excluding carboxylic acids is 1. The third kappa shape index (κ3) is 3.52. The van der Waals surface area contributed by atoms with E-state index >= 15 is 0 Å². The second-order valence-corrected chi connectivity index (χ2v) is 5.41. The number of nitrogens with zero attached hydrogens (tertiary/aromatic N) is 3. The molecule has 1 amide bonds. The van der Waals surface area contributed by atoms with Crippen LogP contribution < -0.4 is 16.0 Å². The molecule has 1 fully saturated rings. The number of pyridine rings is 2. The third-order valence-corrected chi connectivity index (χ3v) is 3.65. The molecule has 1 saturated heterocycles. The van der Waals surface area contributed by atoms with E-state index in [-0.39, 0.29) is 12.3 Å². The van der Waals surface area contributed by atoms with Gasteiger partial charge in [0.2, 0.25) is 5.91 Å². The van der Waals surface area contributed by atoms with Gasteiger partial charge in [0.25, 0.3) is 0 Å². The zero-order valence-electron chi connectivity index (χ0n) is 12.3. The average molecular weight is 297 g/mol. The largest absolute Gasteiger partial charge is 0.397 e. The van der Waals surface area contributed by atoms with Crippen molar-refractivity contribution >= 4 is 23.1 Å². The Bertz CT molecular complexity index is 633. The first-order chi connectivity index (χ1) is 10.7. The quantitative estimate of drug-likeness (QED) is 0.899. The molecule has 22 heavy (non-hydrogen) atoms. The van der Waals surface area contributed by atoms with Gasteiger partial charge < -0.3 is 16.0 Å². The molecule has 0 atom stereocenters. The van der Waals surface area contributed by atoms with Gasteiger partial charge in [-0.05, 0) is 37.1 Å². The van der Waals surface area contributed by atoms with E-state index in [2.05, 4.69) is 20.2 Å². The predicted octanol–water partition coefficient (Wildman–Crippen LogP) is 1.84. The second-order valence-electron chi connectivity index (χ2n) is 5.41. The van der Waals surface area contributed by atoms with E-state index in [1.165, 1.54) is 12.8 Å². The lowest BCUT2D eigenvalue weighted by atomic mass is 10.2. The lowest BCUT2D eigenvalue weighted by Crippen LogP contribution is -2.19. The molecule has 1 aliphatic heterocycles. The minimum absolute atomic E-state index is 0.118. The number of carbonyl (C=O) groups is 1. The average Bonchev–Trinajstić information content (AvgIpc) is 3.05.